The molecular formula is C12H13BrN4OS. The van der Waals surface area contributed by atoms with Crippen LogP contribution in [0.15, 0.2) is 46.5 Å². The van der Waals surface area contributed by atoms with Crippen LogP contribution >= 0.6 is 27.7 Å². The zero-order valence-electron chi connectivity index (χ0n) is 10.1. The quantitative estimate of drug-likeness (QED) is 0.646. The lowest BCUT2D eigenvalue weighted by molar-refractivity contribution is 0.204. The van der Waals surface area contributed by atoms with Gasteiger partial charge >= 0.3 is 0 Å². The van der Waals surface area contributed by atoms with E-state index in [4.69, 9.17) is 0 Å². The van der Waals surface area contributed by atoms with Crippen molar-refractivity contribution in [1.29, 1.82) is 0 Å². The van der Waals surface area contributed by atoms with Crippen molar-refractivity contribution in [3.05, 3.63) is 47.0 Å². The van der Waals surface area contributed by atoms with Gasteiger partial charge in [0, 0.05) is 10.2 Å². The van der Waals surface area contributed by atoms with Crippen LogP contribution < -0.4 is 0 Å². The maximum absolute atomic E-state index is 10.1. The lowest BCUT2D eigenvalue weighted by Crippen LogP contribution is -2.04. The number of hydrogen-bond donors (Lipinski definition) is 1. The van der Waals surface area contributed by atoms with Gasteiger partial charge in [0.2, 0.25) is 5.16 Å². The van der Waals surface area contributed by atoms with E-state index >= 15 is 0 Å². The van der Waals surface area contributed by atoms with E-state index in [2.05, 4.69) is 38.0 Å². The predicted octanol–water partition coefficient (Wildman–Crippen LogP) is 2.45. The van der Waals surface area contributed by atoms with Gasteiger partial charge in [0.1, 0.15) is 0 Å². The molecule has 0 amide bonds. The number of aliphatic hydroxyl groups excluding tert-OH is 1. The molecule has 7 heteroatoms. The van der Waals surface area contributed by atoms with Crippen molar-refractivity contribution >= 4 is 27.7 Å². The molecule has 5 nitrogen and oxygen atoms in total. The van der Waals surface area contributed by atoms with Gasteiger partial charge in [-0.3, -0.25) is 0 Å². The molecule has 0 radical (unpaired) electrons. The van der Waals surface area contributed by atoms with Crippen molar-refractivity contribution in [1.82, 2.24) is 20.2 Å². The average Bonchev–Trinajstić information content (AvgIpc) is 2.85. The lowest BCUT2D eigenvalue weighted by atomic mass is 10.1. The highest BCUT2D eigenvalue weighted by molar-refractivity contribution is 9.10. The van der Waals surface area contributed by atoms with E-state index in [0.717, 1.165) is 10.0 Å². The molecule has 1 heterocycles. The highest BCUT2D eigenvalue weighted by atomic mass is 79.9. The van der Waals surface area contributed by atoms with Gasteiger partial charge in [-0.25, -0.2) is 4.68 Å². The Balaban J connectivity index is 1.96. The van der Waals surface area contributed by atoms with E-state index in [1.165, 1.54) is 11.8 Å². The van der Waals surface area contributed by atoms with Crippen molar-refractivity contribution in [3.8, 4) is 0 Å². The summed E-state index contributed by atoms with van der Waals surface area (Å²) in [7, 11) is 0. The summed E-state index contributed by atoms with van der Waals surface area (Å²) in [4.78, 5) is 0. The number of aliphatic hydroxyl groups is 1. The van der Waals surface area contributed by atoms with Crippen LogP contribution in [-0.2, 0) is 6.54 Å². The number of nitrogens with zero attached hydrogens (tertiary/aromatic N) is 4. The van der Waals surface area contributed by atoms with Gasteiger partial charge in [0.05, 0.1) is 12.6 Å². The highest BCUT2D eigenvalue weighted by Gasteiger charge is 2.11. The Morgan fingerprint density at radius 3 is 2.84 bits per heavy atom. The first kappa shape index (κ1) is 14.2. The summed E-state index contributed by atoms with van der Waals surface area (Å²) in [6.07, 6.45) is 1.18. The van der Waals surface area contributed by atoms with E-state index in [1.807, 2.05) is 24.3 Å². The zero-order chi connectivity index (χ0) is 13.7. The van der Waals surface area contributed by atoms with Crippen LogP contribution in [-0.4, -0.2) is 31.1 Å². The molecule has 1 atom stereocenters. The summed E-state index contributed by atoms with van der Waals surface area (Å²) < 4.78 is 2.64. The van der Waals surface area contributed by atoms with E-state index < -0.39 is 6.10 Å². The molecule has 1 N–H and O–H groups in total. The van der Waals surface area contributed by atoms with Crippen LogP contribution in [0.3, 0.4) is 0 Å². The van der Waals surface area contributed by atoms with Crippen molar-refractivity contribution in [2.75, 3.05) is 5.75 Å². The maximum atomic E-state index is 10.1. The van der Waals surface area contributed by atoms with Gasteiger partial charge in [0.25, 0.3) is 0 Å². The van der Waals surface area contributed by atoms with Crippen molar-refractivity contribution in [2.45, 2.75) is 17.8 Å². The lowest BCUT2D eigenvalue weighted by Gasteiger charge is -2.10. The molecule has 0 aliphatic heterocycles. The highest BCUT2D eigenvalue weighted by Crippen LogP contribution is 2.23. The fraction of sp³-hybridized carbons (Fsp3) is 0.250. The predicted molar refractivity (Wildman–Crippen MR) is 77.8 cm³/mol. The van der Waals surface area contributed by atoms with E-state index in [0.29, 0.717) is 17.5 Å². The van der Waals surface area contributed by atoms with Crippen LogP contribution in [0.1, 0.15) is 11.7 Å². The van der Waals surface area contributed by atoms with Crippen LogP contribution in [0.5, 0.6) is 0 Å². The largest absolute Gasteiger partial charge is 0.388 e. The van der Waals surface area contributed by atoms with Crippen LogP contribution in [0, 0.1) is 0 Å². The maximum Gasteiger partial charge on any atom is 0.209 e. The topological polar surface area (TPSA) is 63.8 Å². The SMILES string of the molecule is C=CCn1nnnc1SC[C@@H](O)c1ccc(Br)cc1. The van der Waals surface area contributed by atoms with E-state index in [1.54, 1.807) is 10.8 Å². The number of tetrazole rings is 1. The fourth-order valence-corrected chi connectivity index (χ4v) is 2.59. The molecule has 0 spiro atoms. The first-order valence-corrected chi connectivity index (χ1v) is 7.42. The Labute approximate surface area is 123 Å². The zero-order valence-corrected chi connectivity index (χ0v) is 12.5. The molecule has 100 valence electrons. The molecule has 0 fully saturated rings. The molecule has 2 aromatic rings. The Kier molecular flexibility index (Phi) is 5.12. The molecule has 0 saturated carbocycles. The Morgan fingerprint density at radius 2 is 2.16 bits per heavy atom. The monoisotopic (exact) mass is 340 g/mol. The summed E-state index contributed by atoms with van der Waals surface area (Å²) in [5.41, 5.74) is 0.874. The van der Waals surface area contributed by atoms with E-state index in [-0.39, 0.29) is 0 Å². The second kappa shape index (κ2) is 6.83. The van der Waals surface area contributed by atoms with Gasteiger partial charge < -0.3 is 5.11 Å². The van der Waals surface area contributed by atoms with Crippen LogP contribution in [0.4, 0.5) is 0 Å². The van der Waals surface area contributed by atoms with Crippen LogP contribution in [0.25, 0.3) is 0 Å². The fourth-order valence-electron chi connectivity index (χ4n) is 1.47. The molecule has 0 aliphatic carbocycles. The third-order valence-electron chi connectivity index (χ3n) is 2.43. The summed E-state index contributed by atoms with van der Waals surface area (Å²) in [5, 5.41) is 22.1. The van der Waals surface area contributed by atoms with Crippen molar-refractivity contribution < 1.29 is 5.11 Å². The summed E-state index contributed by atoms with van der Waals surface area (Å²) in [5.74, 6) is 0.499. The minimum absolute atomic E-state index is 0.499. The summed E-state index contributed by atoms with van der Waals surface area (Å²) in [6.45, 7) is 4.21. The number of thioether (sulfide) groups is 1. The number of rotatable bonds is 6. The molecule has 19 heavy (non-hydrogen) atoms. The normalized spacial score (nSPS) is 12.3. The van der Waals surface area contributed by atoms with Gasteiger partial charge in [-0.15, -0.1) is 11.7 Å². The first-order valence-electron chi connectivity index (χ1n) is 5.64. The average molecular weight is 341 g/mol. The molecule has 0 aliphatic rings. The molecule has 1 aromatic carbocycles. The smallest absolute Gasteiger partial charge is 0.209 e. The molecule has 0 unspecified atom stereocenters. The van der Waals surface area contributed by atoms with Gasteiger partial charge in [-0.1, -0.05) is 45.9 Å². The number of benzene rings is 1. The Bertz CT molecular complexity index is 543. The Morgan fingerprint density at radius 1 is 1.42 bits per heavy atom. The molecule has 0 saturated heterocycles. The number of allylic oxidation sites excluding steroid dienone is 1. The standard InChI is InChI=1S/C12H13BrN4OS/c1-2-7-17-12(14-15-16-17)19-8-11(18)9-3-5-10(13)6-4-9/h2-6,11,18H,1,7-8H2/t11-/m1/s1. The summed E-state index contributed by atoms with van der Waals surface area (Å²) >= 11 is 4.78. The third-order valence-corrected chi connectivity index (χ3v) is 3.99. The third kappa shape index (κ3) is 3.89. The minimum atomic E-state index is -0.549. The van der Waals surface area contributed by atoms with Gasteiger partial charge in [-0.05, 0) is 28.1 Å². The number of hydrogen-bond acceptors (Lipinski definition) is 5. The minimum Gasteiger partial charge on any atom is -0.388 e. The van der Waals surface area contributed by atoms with Gasteiger partial charge in [0.15, 0.2) is 0 Å². The van der Waals surface area contributed by atoms with Crippen LogP contribution in [0.2, 0.25) is 0 Å². The molecular weight excluding hydrogens is 328 g/mol. The second-order valence-corrected chi connectivity index (χ2v) is 5.71. The van der Waals surface area contributed by atoms with Crippen molar-refractivity contribution in [2.24, 2.45) is 0 Å². The van der Waals surface area contributed by atoms with Gasteiger partial charge in [-0.2, -0.15) is 0 Å². The molecule has 2 rings (SSSR count). The summed E-state index contributed by atoms with van der Waals surface area (Å²) in [6, 6.07) is 7.60. The number of halogens is 1. The van der Waals surface area contributed by atoms with E-state index in [9.17, 15) is 5.11 Å². The molecule has 1 aromatic heterocycles. The first-order chi connectivity index (χ1) is 9.20. The molecule has 0 bridgehead atoms. The Hall–Kier alpha value is -1.18. The van der Waals surface area contributed by atoms with Crippen molar-refractivity contribution in [3.63, 3.8) is 0 Å². The number of aromatic nitrogens is 4. The second-order valence-electron chi connectivity index (χ2n) is 3.81.